The lowest BCUT2D eigenvalue weighted by molar-refractivity contribution is 0.157. The number of likely N-dealkylation sites (tertiary alicyclic amines) is 1. The van der Waals surface area contributed by atoms with Gasteiger partial charge in [0.15, 0.2) is 5.15 Å². The first-order valence-electron chi connectivity index (χ1n) is 6.18. The highest BCUT2D eigenvalue weighted by Gasteiger charge is 2.22. The molecule has 0 aliphatic carbocycles. The highest BCUT2D eigenvalue weighted by Crippen LogP contribution is 2.16. The molecule has 1 fully saturated rings. The third-order valence-corrected chi connectivity index (χ3v) is 3.51. The predicted molar refractivity (Wildman–Crippen MR) is 79.7 cm³/mol. The topological polar surface area (TPSA) is 58.1 Å². The molecule has 1 atom stereocenters. The van der Waals surface area contributed by atoms with E-state index in [1.807, 2.05) is 4.90 Å². The van der Waals surface area contributed by atoms with Crippen LogP contribution in [0.5, 0.6) is 0 Å². The van der Waals surface area contributed by atoms with E-state index in [2.05, 4.69) is 22.2 Å². The molecular formula is C12H19ClN4OS. The van der Waals surface area contributed by atoms with Crippen LogP contribution >= 0.6 is 25.1 Å². The molecular weight excluding hydrogens is 284 g/mol. The highest BCUT2D eigenvalue weighted by atomic mass is 35.5. The van der Waals surface area contributed by atoms with E-state index in [0.717, 1.165) is 19.4 Å². The highest BCUT2D eigenvalue weighted by molar-refractivity contribution is 7.59. The van der Waals surface area contributed by atoms with Crippen LogP contribution in [0.25, 0.3) is 0 Å². The van der Waals surface area contributed by atoms with E-state index in [1.165, 1.54) is 12.6 Å². The van der Waals surface area contributed by atoms with Crippen molar-refractivity contribution < 1.29 is 4.79 Å². The van der Waals surface area contributed by atoms with Crippen molar-refractivity contribution >= 4 is 31.1 Å². The van der Waals surface area contributed by atoms with Crippen LogP contribution < -0.4 is 5.32 Å². The first-order chi connectivity index (χ1) is 8.68. The molecule has 7 heteroatoms. The largest absolute Gasteiger partial charge is 0.332 e. The molecule has 2 amide bonds. The summed E-state index contributed by atoms with van der Waals surface area (Å²) in [5, 5.41) is 3.18. The maximum absolute atomic E-state index is 12.0. The minimum Gasteiger partial charge on any atom is -0.332 e. The van der Waals surface area contributed by atoms with Crippen molar-refractivity contribution in [2.45, 2.75) is 38.8 Å². The summed E-state index contributed by atoms with van der Waals surface area (Å²) in [6.07, 6.45) is 6.43. The molecule has 0 aromatic carbocycles. The number of carbonyl (C=O) groups is 1. The lowest BCUT2D eigenvalue weighted by atomic mass is 10.0. The summed E-state index contributed by atoms with van der Waals surface area (Å²) in [5.41, 5.74) is 0.595. The number of nitrogens with zero attached hydrogens (tertiary/aromatic N) is 3. The van der Waals surface area contributed by atoms with E-state index >= 15 is 0 Å². The number of nitrogens with one attached hydrogen (secondary N) is 1. The van der Waals surface area contributed by atoms with E-state index in [0.29, 0.717) is 23.4 Å². The Morgan fingerprint density at radius 1 is 1.47 bits per heavy atom. The summed E-state index contributed by atoms with van der Waals surface area (Å²) >= 11 is 5.88. The van der Waals surface area contributed by atoms with Gasteiger partial charge in [0, 0.05) is 25.0 Å². The van der Waals surface area contributed by atoms with Gasteiger partial charge in [-0.25, -0.2) is 9.78 Å². The molecule has 1 aliphatic heterocycles. The molecule has 0 spiro atoms. The van der Waals surface area contributed by atoms with Crippen LogP contribution in [0, 0.1) is 0 Å². The maximum atomic E-state index is 12.0. The zero-order chi connectivity index (χ0) is 13.0. The van der Waals surface area contributed by atoms with E-state index in [-0.39, 0.29) is 19.5 Å². The van der Waals surface area contributed by atoms with Gasteiger partial charge < -0.3 is 10.2 Å². The zero-order valence-electron chi connectivity index (χ0n) is 10.9. The lowest BCUT2D eigenvalue weighted by Gasteiger charge is -2.33. The second-order valence-corrected chi connectivity index (χ2v) is 4.85. The minimum atomic E-state index is -0.0519. The molecule has 1 saturated heterocycles. The Morgan fingerprint density at radius 3 is 2.89 bits per heavy atom. The first kappa shape index (κ1) is 16.0. The van der Waals surface area contributed by atoms with Crippen molar-refractivity contribution in [3.05, 3.63) is 23.2 Å². The lowest BCUT2D eigenvalue weighted by Crippen LogP contribution is -2.47. The van der Waals surface area contributed by atoms with Crippen molar-refractivity contribution in [3.63, 3.8) is 0 Å². The summed E-state index contributed by atoms with van der Waals surface area (Å²) in [6.45, 7) is 3.21. The van der Waals surface area contributed by atoms with Gasteiger partial charge in [0.1, 0.15) is 0 Å². The summed E-state index contributed by atoms with van der Waals surface area (Å²) in [4.78, 5) is 21.9. The number of rotatable bonds is 2. The van der Waals surface area contributed by atoms with Crippen LogP contribution in [0.15, 0.2) is 12.4 Å². The van der Waals surface area contributed by atoms with Gasteiger partial charge in [-0.2, -0.15) is 13.5 Å². The van der Waals surface area contributed by atoms with Crippen LogP contribution in [0.3, 0.4) is 0 Å². The van der Waals surface area contributed by atoms with E-state index in [1.54, 1.807) is 6.20 Å². The van der Waals surface area contributed by atoms with Crippen LogP contribution in [0.2, 0.25) is 5.15 Å². The van der Waals surface area contributed by atoms with E-state index in [4.69, 9.17) is 11.6 Å². The molecule has 0 unspecified atom stereocenters. The third kappa shape index (κ3) is 4.24. The molecule has 0 saturated carbocycles. The molecule has 5 nitrogen and oxygen atoms in total. The van der Waals surface area contributed by atoms with Gasteiger partial charge in [-0.15, -0.1) is 0 Å². The normalized spacial score (nSPS) is 18.6. The molecule has 0 radical (unpaired) electrons. The Balaban J connectivity index is 0.00000180. The summed E-state index contributed by atoms with van der Waals surface area (Å²) in [5.74, 6) is 0. The number of halogens is 1. The zero-order valence-corrected chi connectivity index (χ0v) is 12.7. The molecule has 1 N–H and O–H groups in total. The number of aromatic nitrogens is 2. The molecule has 0 bridgehead atoms. The molecule has 19 heavy (non-hydrogen) atoms. The smallest absolute Gasteiger partial charge is 0.317 e. The number of carbonyl (C=O) groups excluding carboxylic acids is 1. The van der Waals surface area contributed by atoms with Gasteiger partial charge in [-0.1, -0.05) is 11.6 Å². The number of urea groups is 1. The SMILES string of the molecule is C[C@H]1CCCCN1C(=O)NCc1nccnc1Cl.S. The van der Waals surface area contributed by atoms with Gasteiger partial charge in [0.2, 0.25) is 0 Å². The summed E-state index contributed by atoms with van der Waals surface area (Å²) < 4.78 is 0. The number of piperidine rings is 1. The standard InChI is InChI=1S/C12H17ClN4O.H2S/c1-9-4-2-3-7-17(9)12(18)16-8-10-11(13)15-6-5-14-10;/h5-6,9H,2-4,7-8H2,1H3,(H,16,18);1H2/t9-;/m0./s1. The average molecular weight is 303 g/mol. The Hall–Kier alpha value is -1.01. The van der Waals surface area contributed by atoms with Crippen molar-refractivity contribution in [2.24, 2.45) is 0 Å². The van der Waals surface area contributed by atoms with Gasteiger partial charge in [-0.05, 0) is 26.2 Å². The molecule has 1 aromatic rings. The minimum absolute atomic E-state index is 0. The van der Waals surface area contributed by atoms with E-state index in [9.17, 15) is 4.79 Å². The van der Waals surface area contributed by atoms with Crippen LogP contribution in [0.1, 0.15) is 31.9 Å². The average Bonchev–Trinajstić information content (AvgIpc) is 2.38. The Bertz CT molecular complexity index is 432. The molecule has 2 rings (SSSR count). The number of amides is 2. The second kappa shape index (κ2) is 7.55. The Labute approximate surface area is 125 Å². The van der Waals surface area contributed by atoms with Crippen molar-refractivity contribution in [2.75, 3.05) is 6.54 Å². The fourth-order valence-electron chi connectivity index (χ4n) is 2.13. The molecule has 1 aliphatic rings. The van der Waals surface area contributed by atoms with Crippen LogP contribution in [-0.2, 0) is 6.54 Å². The van der Waals surface area contributed by atoms with Gasteiger partial charge in [0.25, 0.3) is 0 Å². The second-order valence-electron chi connectivity index (χ2n) is 4.49. The first-order valence-corrected chi connectivity index (χ1v) is 6.56. The molecule has 1 aromatic heterocycles. The quantitative estimate of drug-likeness (QED) is 0.912. The summed E-state index contributed by atoms with van der Waals surface area (Å²) in [7, 11) is 0. The fraction of sp³-hybridized carbons (Fsp3) is 0.583. The van der Waals surface area contributed by atoms with Crippen molar-refractivity contribution in [1.29, 1.82) is 0 Å². The Morgan fingerprint density at radius 2 is 2.21 bits per heavy atom. The van der Waals surface area contributed by atoms with Crippen LogP contribution in [-0.4, -0.2) is 33.5 Å². The van der Waals surface area contributed by atoms with E-state index < -0.39 is 0 Å². The molecule has 2 heterocycles. The number of hydrogen-bond acceptors (Lipinski definition) is 3. The van der Waals surface area contributed by atoms with Gasteiger partial charge >= 0.3 is 6.03 Å². The monoisotopic (exact) mass is 302 g/mol. The van der Waals surface area contributed by atoms with Crippen LogP contribution in [0.4, 0.5) is 4.79 Å². The summed E-state index contributed by atoms with van der Waals surface area (Å²) in [6, 6.07) is 0.250. The number of hydrogen-bond donors (Lipinski definition) is 1. The van der Waals surface area contributed by atoms with Crippen molar-refractivity contribution in [3.8, 4) is 0 Å². The fourth-order valence-corrected chi connectivity index (χ4v) is 2.30. The molecule has 106 valence electrons. The third-order valence-electron chi connectivity index (χ3n) is 3.19. The maximum Gasteiger partial charge on any atom is 0.317 e. The van der Waals surface area contributed by atoms with Crippen molar-refractivity contribution in [1.82, 2.24) is 20.2 Å². The van der Waals surface area contributed by atoms with Gasteiger partial charge in [-0.3, -0.25) is 4.98 Å². The Kier molecular flexibility index (Phi) is 6.37. The predicted octanol–water partition coefficient (Wildman–Crippen LogP) is 2.33. The van der Waals surface area contributed by atoms with Gasteiger partial charge in [0.05, 0.1) is 12.2 Å².